The molecule has 0 spiro atoms. The lowest BCUT2D eigenvalue weighted by atomic mass is 10.1. The van der Waals surface area contributed by atoms with E-state index in [0.717, 1.165) is 22.6 Å². The zero-order valence-corrected chi connectivity index (χ0v) is 16.1. The van der Waals surface area contributed by atoms with Gasteiger partial charge in [0.05, 0.1) is 18.8 Å². The molecule has 1 aromatic carbocycles. The van der Waals surface area contributed by atoms with Gasteiger partial charge in [-0.05, 0) is 19.4 Å². The summed E-state index contributed by atoms with van der Waals surface area (Å²) < 4.78 is 1.78. The molecule has 3 heterocycles. The van der Waals surface area contributed by atoms with Crippen molar-refractivity contribution in [2.45, 2.75) is 33.0 Å². The number of amidine groups is 1. The first kappa shape index (κ1) is 18.0. The van der Waals surface area contributed by atoms with Crippen molar-refractivity contribution < 1.29 is 9.59 Å². The smallest absolute Gasteiger partial charge is 0.332 e. The van der Waals surface area contributed by atoms with Crippen LogP contribution in [0.15, 0.2) is 35.4 Å². The fraction of sp³-hybridized carbons (Fsp3) is 0.368. The molecule has 1 atom stereocenters. The number of nitrogens with one attached hydrogen (secondary N) is 2. The molecule has 0 saturated carbocycles. The van der Waals surface area contributed by atoms with E-state index in [1.807, 2.05) is 44.2 Å². The lowest BCUT2D eigenvalue weighted by Gasteiger charge is -2.25. The molecule has 4 rings (SSSR count). The molecule has 2 N–H and O–H groups in total. The summed E-state index contributed by atoms with van der Waals surface area (Å²) in [5.41, 5.74) is 5.72. The molecular weight excluding hydrogens is 358 g/mol. The Balaban J connectivity index is 1.45. The summed E-state index contributed by atoms with van der Waals surface area (Å²) in [6.45, 7) is 4.55. The molecular formula is C19H23N7O2. The van der Waals surface area contributed by atoms with Crippen molar-refractivity contribution in [1.29, 1.82) is 0 Å². The van der Waals surface area contributed by atoms with Gasteiger partial charge in [-0.25, -0.2) is 9.48 Å². The molecule has 28 heavy (non-hydrogen) atoms. The lowest BCUT2D eigenvalue weighted by molar-refractivity contribution is -0.130. The minimum atomic E-state index is -0.760. The van der Waals surface area contributed by atoms with Crippen molar-refractivity contribution in [1.82, 2.24) is 25.4 Å². The summed E-state index contributed by atoms with van der Waals surface area (Å²) in [6, 6.07) is 9.50. The van der Waals surface area contributed by atoms with Crippen molar-refractivity contribution >= 4 is 23.6 Å². The van der Waals surface area contributed by atoms with Crippen LogP contribution in [0.4, 0.5) is 10.6 Å². The molecule has 3 amide bonds. The van der Waals surface area contributed by atoms with Crippen LogP contribution in [0.5, 0.6) is 0 Å². The number of urea groups is 1. The van der Waals surface area contributed by atoms with Crippen LogP contribution >= 0.6 is 0 Å². The minimum Gasteiger partial charge on any atom is -0.343 e. The average Bonchev–Trinajstić information content (AvgIpc) is 3.23. The number of carbonyl (C=O) groups excluding carboxylic acids is 2. The van der Waals surface area contributed by atoms with Gasteiger partial charge >= 0.3 is 6.03 Å². The third-order valence-corrected chi connectivity index (χ3v) is 5.13. The van der Waals surface area contributed by atoms with Gasteiger partial charge in [0, 0.05) is 19.0 Å². The maximum atomic E-state index is 13.0. The third-order valence-electron chi connectivity index (χ3n) is 5.13. The summed E-state index contributed by atoms with van der Waals surface area (Å²) in [5.74, 6) is 1.04. The van der Waals surface area contributed by atoms with Crippen molar-refractivity contribution in [2.75, 3.05) is 18.5 Å². The predicted octanol–water partition coefficient (Wildman–Crippen LogP) is 0.973. The monoisotopic (exact) mass is 381 g/mol. The molecule has 0 saturated heterocycles. The van der Waals surface area contributed by atoms with Crippen LogP contribution in [0, 0.1) is 13.8 Å². The first-order valence-electron chi connectivity index (χ1n) is 9.21. The van der Waals surface area contributed by atoms with E-state index in [2.05, 4.69) is 20.9 Å². The number of imide groups is 1. The van der Waals surface area contributed by atoms with Gasteiger partial charge in [0.25, 0.3) is 5.91 Å². The Labute approximate surface area is 163 Å². The number of aryl methyl sites for hydroxylation is 1. The summed E-state index contributed by atoms with van der Waals surface area (Å²) in [5, 5.41) is 11.8. The van der Waals surface area contributed by atoms with Gasteiger partial charge in [-0.3, -0.25) is 20.0 Å². The molecule has 2 aliphatic rings. The van der Waals surface area contributed by atoms with Crippen LogP contribution in [-0.2, 0) is 17.8 Å². The van der Waals surface area contributed by atoms with E-state index in [9.17, 15) is 9.59 Å². The fourth-order valence-electron chi connectivity index (χ4n) is 3.53. The highest BCUT2D eigenvalue weighted by molar-refractivity contribution is 6.05. The summed E-state index contributed by atoms with van der Waals surface area (Å²) in [7, 11) is 1.67. The quantitative estimate of drug-likeness (QED) is 0.826. The summed E-state index contributed by atoms with van der Waals surface area (Å²) in [6.07, 6.45) is -0.177. The number of carbonyl (C=O) groups is 2. The van der Waals surface area contributed by atoms with E-state index in [1.165, 1.54) is 9.80 Å². The summed E-state index contributed by atoms with van der Waals surface area (Å²) in [4.78, 5) is 28.7. The SMILES string of the molecule is Cc1nn2c(c1C)N(C)C(=O)N(C(=O)C1NN=C(Cc3ccccc3)N1)CC2. The van der Waals surface area contributed by atoms with E-state index in [0.29, 0.717) is 18.8 Å². The maximum absolute atomic E-state index is 13.0. The normalized spacial score (nSPS) is 18.9. The predicted molar refractivity (Wildman–Crippen MR) is 105 cm³/mol. The van der Waals surface area contributed by atoms with Crippen LogP contribution in [0.2, 0.25) is 0 Å². The Morgan fingerprint density at radius 2 is 1.96 bits per heavy atom. The van der Waals surface area contributed by atoms with Crippen molar-refractivity contribution in [2.24, 2.45) is 5.10 Å². The third kappa shape index (κ3) is 3.08. The number of hydrogen-bond donors (Lipinski definition) is 2. The number of rotatable bonds is 3. The van der Waals surface area contributed by atoms with Gasteiger partial charge in [-0.2, -0.15) is 10.2 Å². The Morgan fingerprint density at radius 1 is 1.21 bits per heavy atom. The van der Waals surface area contributed by atoms with Gasteiger partial charge < -0.3 is 5.32 Å². The maximum Gasteiger partial charge on any atom is 0.332 e. The Bertz CT molecular complexity index is 951. The van der Waals surface area contributed by atoms with Gasteiger partial charge in [0.1, 0.15) is 11.7 Å². The number of anilines is 1. The number of benzene rings is 1. The molecule has 0 bridgehead atoms. The highest BCUT2D eigenvalue weighted by Gasteiger charge is 2.37. The first-order valence-corrected chi connectivity index (χ1v) is 9.21. The molecule has 0 radical (unpaired) electrons. The highest BCUT2D eigenvalue weighted by atomic mass is 16.2. The van der Waals surface area contributed by atoms with Crippen molar-refractivity contribution in [3.8, 4) is 0 Å². The molecule has 1 aromatic heterocycles. The van der Waals surface area contributed by atoms with Crippen molar-refractivity contribution in [3.05, 3.63) is 47.2 Å². The average molecular weight is 381 g/mol. The van der Waals surface area contributed by atoms with Gasteiger partial charge in [-0.15, -0.1) is 0 Å². The van der Waals surface area contributed by atoms with E-state index in [-0.39, 0.29) is 18.5 Å². The van der Waals surface area contributed by atoms with Crippen LogP contribution in [0.1, 0.15) is 16.8 Å². The summed E-state index contributed by atoms with van der Waals surface area (Å²) >= 11 is 0. The topological polar surface area (TPSA) is 94.9 Å². The molecule has 1 unspecified atom stereocenters. The standard InChI is InChI=1S/C19H23N7O2/c1-12-13(2)23-26-10-9-25(19(28)24(3)17(12)26)18(27)16-20-15(21-22-16)11-14-7-5-4-6-8-14/h4-8,16,22H,9-11H2,1-3H3,(H,20,21). The zero-order chi connectivity index (χ0) is 19.8. The van der Waals surface area contributed by atoms with Crippen LogP contribution in [0.25, 0.3) is 0 Å². The molecule has 9 heteroatoms. The van der Waals surface area contributed by atoms with Gasteiger partial charge in [0.2, 0.25) is 0 Å². The Hall–Kier alpha value is -3.36. The number of aromatic nitrogens is 2. The number of hydrogen-bond acceptors (Lipinski definition) is 6. The minimum absolute atomic E-state index is 0.253. The largest absolute Gasteiger partial charge is 0.343 e. The zero-order valence-electron chi connectivity index (χ0n) is 16.1. The highest BCUT2D eigenvalue weighted by Crippen LogP contribution is 2.25. The van der Waals surface area contributed by atoms with Crippen molar-refractivity contribution in [3.63, 3.8) is 0 Å². The van der Waals surface area contributed by atoms with E-state index >= 15 is 0 Å². The van der Waals surface area contributed by atoms with Gasteiger partial charge in [0.15, 0.2) is 6.17 Å². The molecule has 146 valence electrons. The molecule has 9 nitrogen and oxygen atoms in total. The molecule has 0 fully saturated rings. The van der Waals surface area contributed by atoms with Crippen LogP contribution < -0.4 is 15.6 Å². The Kier molecular flexibility index (Phi) is 4.50. The van der Waals surface area contributed by atoms with E-state index < -0.39 is 6.17 Å². The molecule has 2 aliphatic heterocycles. The number of hydrazone groups is 1. The fourth-order valence-corrected chi connectivity index (χ4v) is 3.53. The second-order valence-electron chi connectivity index (χ2n) is 7.02. The lowest BCUT2D eigenvalue weighted by Crippen LogP contribution is -2.55. The number of nitrogens with zero attached hydrogens (tertiary/aromatic N) is 5. The van der Waals surface area contributed by atoms with Crippen LogP contribution in [-0.4, -0.2) is 52.2 Å². The van der Waals surface area contributed by atoms with Crippen LogP contribution in [0.3, 0.4) is 0 Å². The second kappa shape index (κ2) is 6.99. The number of fused-ring (bicyclic) bond motifs is 1. The molecule has 0 aliphatic carbocycles. The number of amides is 3. The second-order valence-corrected chi connectivity index (χ2v) is 7.02. The van der Waals surface area contributed by atoms with E-state index in [1.54, 1.807) is 11.7 Å². The molecule has 2 aromatic rings. The first-order chi connectivity index (χ1) is 13.5. The Morgan fingerprint density at radius 3 is 2.71 bits per heavy atom. The van der Waals surface area contributed by atoms with E-state index in [4.69, 9.17) is 0 Å². The van der Waals surface area contributed by atoms with Gasteiger partial charge in [-0.1, -0.05) is 30.3 Å².